The van der Waals surface area contributed by atoms with Gasteiger partial charge in [-0.25, -0.2) is 0 Å². The predicted molar refractivity (Wildman–Crippen MR) is 80.7 cm³/mol. The Labute approximate surface area is 127 Å². The highest BCUT2D eigenvalue weighted by Gasteiger charge is 2.23. The number of anilines is 1. The van der Waals surface area contributed by atoms with E-state index in [1.54, 1.807) is 0 Å². The summed E-state index contributed by atoms with van der Waals surface area (Å²) in [6.07, 6.45) is 4.94. The molecule has 1 aromatic rings. The highest BCUT2D eigenvalue weighted by molar-refractivity contribution is 7.16. The number of hydrogen-bond acceptors (Lipinski definition) is 5. The molecule has 2 rings (SSSR count). The summed E-state index contributed by atoms with van der Waals surface area (Å²) in [5.41, 5.74) is 12.2. The van der Waals surface area contributed by atoms with Gasteiger partial charge in [0.15, 0.2) is 0 Å². The maximum Gasteiger partial charge on any atom is 0.242 e. The molecule has 2 amide bonds. The first-order chi connectivity index (χ1) is 10.0. The Balaban J connectivity index is 2.19. The van der Waals surface area contributed by atoms with E-state index in [0.29, 0.717) is 10.6 Å². The molecule has 7 heteroatoms. The molecule has 0 aromatic carbocycles. The number of carbonyl (C=O) groups excluding carboxylic acids is 2. The van der Waals surface area contributed by atoms with Crippen molar-refractivity contribution in [1.29, 1.82) is 5.26 Å². The van der Waals surface area contributed by atoms with E-state index in [4.69, 9.17) is 11.5 Å². The monoisotopic (exact) mass is 306 g/mol. The van der Waals surface area contributed by atoms with Gasteiger partial charge in [0, 0.05) is 4.88 Å². The van der Waals surface area contributed by atoms with Crippen molar-refractivity contribution in [3.05, 3.63) is 16.0 Å². The zero-order valence-electron chi connectivity index (χ0n) is 11.6. The number of hydrogen-bond donors (Lipinski definition) is 3. The summed E-state index contributed by atoms with van der Waals surface area (Å²) in [7, 11) is 0. The minimum atomic E-state index is -0.990. The van der Waals surface area contributed by atoms with E-state index in [1.807, 2.05) is 0 Å². The average Bonchev–Trinajstić information content (AvgIpc) is 2.58. The molecule has 0 bridgehead atoms. The lowest BCUT2D eigenvalue weighted by atomic mass is 10.1. The number of fused-ring (bicyclic) bond motifs is 1. The topological polar surface area (TPSA) is 122 Å². The molecule has 1 unspecified atom stereocenters. The highest BCUT2D eigenvalue weighted by Crippen LogP contribution is 2.36. The lowest BCUT2D eigenvalue weighted by Crippen LogP contribution is -2.38. The van der Waals surface area contributed by atoms with Crippen LogP contribution in [0.2, 0.25) is 0 Å². The summed E-state index contributed by atoms with van der Waals surface area (Å²) in [4.78, 5) is 23.9. The van der Waals surface area contributed by atoms with Crippen LogP contribution in [0.4, 0.5) is 5.00 Å². The maximum atomic E-state index is 12.0. The summed E-state index contributed by atoms with van der Waals surface area (Å²) in [5, 5.41) is 12.6. The molecular weight excluding hydrogens is 288 g/mol. The van der Waals surface area contributed by atoms with Gasteiger partial charge in [0.2, 0.25) is 11.8 Å². The summed E-state index contributed by atoms with van der Waals surface area (Å²) in [6.45, 7) is 0. The molecule has 0 aliphatic heterocycles. The van der Waals surface area contributed by atoms with Gasteiger partial charge in [0.1, 0.15) is 11.1 Å². The minimum Gasteiger partial charge on any atom is -0.370 e. The maximum absolute atomic E-state index is 12.0. The van der Waals surface area contributed by atoms with Gasteiger partial charge < -0.3 is 16.8 Å². The molecule has 0 fully saturated rings. The standard InChI is InChI=1S/C14H18N4O2S/c15-7-9-8-4-2-1-3-5-11(8)21-14(9)18-13(20)10(16)6-12(17)19/h10H,1-6,16H2,(H2,17,19)(H,18,20). The van der Waals surface area contributed by atoms with Crippen LogP contribution in [-0.4, -0.2) is 17.9 Å². The molecule has 6 nitrogen and oxygen atoms in total. The van der Waals surface area contributed by atoms with Crippen LogP contribution < -0.4 is 16.8 Å². The van der Waals surface area contributed by atoms with Crippen molar-refractivity contribution < 1.29 is 9.59 Å². The van der Waals surface area contributed by atoms with E-state index >= 15 is 0 Å². The van der Waals surface area contributed by atoms with Gasteiger partial charge in [-0.3, -0.25) is 9.59 Å². The molecule has 0 saturated carbocycles. The number of aryl methyl sites for hydroxylation is 1. The van der Waals surface area contributed by atoms with Crippen molar-refractivity contribution in [3.8, 4) is 6.07 Å². The largest absolute Gasteiger partial charge is 0.370 e. The molecule has 0 spiro atoms. The van der Waals surface area contributed by atoms with E-state index in [9.17, 15) is 14.9 Å². The van der Waals surface area contributed by atoms with Gasteiger partial charge >= 0.3 is 0 Å². The molecule has 1 aromatic heterocycles. The van der Waals surface area contributed by atoms with Crippen molar-refractivity contribution >= 4 is 28.2 Å². The van der Waals surface area contributed by atoms with Crippen LogP contribution in [0.1, 0.15) is 41.7 Å². The first-order valence-electron chi connectivity index (χ1n) is 6.92. The quantitative estimate of drug-likeness (QED) is 0.719. The molecule has 21 heavy (non-hydrogen) atoms. The summed E-state index contributed by atoms with van der Waals surface area (Å²) in [5.74, 6) is -1.11. The number of primary amides is 1. The molecule has 112 valence electrons. The smallest absolute Gasteiger partial charge is 0.242 e. The van der Waals surface area contributed by atoms with Crippen LogP contribution in [-0.2, 0) is 22.4 Å². The molecule has 0 saturated heterocycles. The highest BCUT2D eigenvalue weighted by atomic mass is 32.1. The van der Waals surface area contributed by atoms with Crippen molar-refractivity contribution in [2.45, 2.75) is 44.6 Å². The fraction of sp³-hybridized carbons (Fsp3) is 0.500. The Morgan fingerprint density at radius 1 is 1.33 bits per heavy atom. The Morgan fingerprint density at radius 2 is 2.05 bits per heavy atom. The molecule has 5 N–H and O–H groups in total. The number of nitriles is 1. The van der Waals surface area contributed by atoms with Crippen LogP contribution in [0.3, 0.4) is 0 Å². The fourth-order valence-electron chi connectivity index (χ4n) is 2.46. The summed E-state index contributed by atoms with van der Waals surface area (Å²) < 4.78 is 0. The zero-order chi connectivity index (χ0) is 15.4. The second-order valence-electron chi connectivity index (χ2n) is 5.15. The number of nitrogens with one attached hydrogen (secondary N) is 1. The molecule has 1 atom stereocenters. The third-order valence-corrected chi connectivity index (χ3v) is 4.73. The lowest BCUT2D eigenvalue weighted by molar-refractivity contribution is -0.123. The van der Waals surface area contributed by atoms with Gasteiger partial charge in [-0.15, -0.1) is 11.3 Å². The Bertz CT molecular complexity index is 603. The molecule has 1 heterocycles. The van der Waals surface area contributed by atoms with Gasteiger partial charge in [-0.2, -0.15) is 5.26 Å². The predicted octanol–water partition coefficient (Wildman–Crippen LogP) is 1.03. The molecular formula is C14H18N4O2S. The molecule has 1 aliphatic carbocycles. The third-order valence-electron chi connectivity index (χ3n) is 3.53. The van der Waals surface area contributed by atoms with Gasteiger partial charge in [-0.1, -0.05) is 6.42 Å². The van der Waals surface area contributed by atoms with Crippen LogP contribution >= 0.6 is 11.3 Å². The Morgan fingerprint density at radius 3 is 2.71 bits per heavy atom. The number of rotatable bonds is 4. The number of nitrogens with two attached hydrogens (primary N) is 2. The van der Waals surface area contributed by atoms with Crippen LogP contribution in [0.25, 0.3) is 0 Å². The number of thiophene rings is 1. The zero-order valence-corrected chi connectivity index (χ0v) is 12.5. The van der Waals surface area contributed by atoms with Gasteiger partial charge in [-0.05, 0) is 31.2 Å². The number of carbonyl (C=O) groups is 2. The van der Waals surface area contributed by atoms with Crippen molar-refractivity contribution in [2.24, 2.45) is 11.5 Å². The first-order valence-corrected chi connectivity index (χ1v) is 7.74. The third kappa shape index (κ3) is 3.60. The normalized spacial score (nSPS) is 15.4. The first kappa shape index (κ1) is 15.5. The van der Waals surface area contributed by atoms with E-state index in [-0.39, 0.29) is 6.42 Å². The van der Waals surface area contributed by atoms with E-state index in [2.05, 4.69) is 11.4 Å². The fourth-order valence-corrected chi connectivity index (χ4v) is 3.71. The number of amides is 2. The van der Waals surface area contributed by atoms with Crippen molar-refractivity contribution in [1.82, 2.24) is 0 Å². The van der Waals surface area contributed by atoms with E-state index < -0.39 is 17.9 Å². The van der Waals surface area contributed by atoms with Crippen molar-refractivity contribution in [2.75, 3.05) is 5.32 Å². The Hall–Kier alpha value is -1.91. The van der Waals surface area contributed by atoms with Crippen LogP contribution in [0.5, 0.6) is 0 Å². The molecule has 1 aliphatic rings. The van der Waals surface area contributed by atoms with E-state index in [0.717, 1.165) is 37.7 Å². The number of nitrogens with zero attached hydrogens (tertiary/aromatic N) is 1. The summed E-state index contributed by atoms with van der Waals surface area (Å²) in [6, 6.07) is 1.19. The Kier molecular flexibility index (Phi) is 4.94. The van der Waals surface area contributed by atoms with Crippen LogP contribution in [0.15, 0.2) is 0 Å². The average molecular weight is 306 g/mol. The lowest BCUT2D eigenvalue weighted by Gasteiger charge is -2.09. The van der Waals surface area contributed by atoms with Gasteiger partial charge in [0.05, 0.1) is 18.0 Å². The second-order valence-corrected chi connectivity index (χ2v) is 6.25. The SMILES string of the molecule is N#Cc1c(NC(=O)C(N)CC(N)=O)sc2c1CCCCC2. The van der Waals surface area contributed by atoms with Gasteiger partial charge in [0.25, 0.3) is 0 Å². The minimum absolute atomic E-state index is 0.210. The second kappa shape index (κ2) is 6.70. The van der Waals surface area contributed by atoms with E-state index in [1.165, 1.54) is 16.2 Å². The van der Waals surface area contributed by atoms with Crippen LogP contribution in [0, 0.1) is 11.3 Å². The summed E-state index contributed by atoms with van der Waals surface area (Å²) >= 11 is 1.44. The molecule has 0 radical (unpaired) electrons. The van der Waals surface area contributed by atoms with Crippen molar-refractivity contribution in [3.63, 3.8) is 0 Å².